The molecule has 0 amide bonds. The smallest absolute Gasteiger partial charge is 0.150 e. The maximum absolute atomic E-state index is 13.3. The lowest BCUT2D eigenvalue weighted by Crippen LogP contribution is -1.86. The van der Waals surface area contributed by atoms with Gasteiger partial charge in [0, 0.05) is 9.79 Å². The summed E-state index contributed by atoms with van der Waals surface area (Å²) in [6, 6.07) is 3.74. The van der Waals surface area contributed by atoms with Crippen LogP contribution in [0, 0.1) is 9.39 Å². The molecule has 1 aromatic carbocycles. The SMILES string of the molecule is CSc1cc(I)c(F)c(SC)c1. The first-order valence-electron chi connectivity index (χ1n) is 3.26. The van der Waals surface area contributed by atoms with Crippen molar-refractivity contribution in [3.05, 3.63) is 21.5 Å². The van der Waals surface area contributed by atoms with Crippen LogP contribution in [-0.4, -0.2) is 12.5 Å². The van der Waals surface area contributed by atoms with E-state index in [0.29, 0.717) is 3.57 Å². The first-order chi connectivity index (χ1) is 5.69. The predicted molar refractivity (Wildman–Crippen MR) is 62.7 cm³/mol. The van der Waals surface area contributed by atoms with Gasteiger partial charge in [-0.25, -0.2) is 4.39 Å². The van der Waals surface area contributed by atoms with Gasteiger partial charge < -0.3 is 0 Å². The maximum atomic E-state index is 13.3. The Morgan fingerprint density at radius 1 is 1.25 bits per heavy atom. The zero-order chi connectivity index (χ0) is 9.14. The van der Waals surface area contributed by atoms with E-state index < -0.39 is 0 Å². The summed E-state index contributed by atoms with van der Waals surface area (Å²) in [4.78, 5) is 1.84. The quantitative estimate of drug-likeness (QED) is 0.600. The topological polar surface area (TPSA) is 0 Å². The zero-order valence-corrected chi connectivity index (χ0v) is 10.5. The summed E-state index contributed by atoms with van der Waals surface area (Å²) < 4.78 is 14.0. The molecule has 66 valence electrons. The highest BCUT2D eigenvalue weighted by Gasteiger charge is 2.06. The molecule has 0 unspecified atom stereocenters. The minimum Gasteiger partial charge on any atom is -0.205 e. The molecule has 4 heteroatoms. The number of thioether (sulfide) groups is 2. The van der Waals surface area contributed by atoms with E-state index in [1.165, 1.54) is 11.8 Å². The molecule has 0 N–H and O–H groups in total. The molecule has 0 atom stereocenters. The number of hydrogen-bond acceptors (Lipinski definition) is 2. The Hall–Kier alpha value is 0.580. The van der Waals surface area contributed by atoms with E-state index in [1.54, 1.807) is 11.8 Å². The van der Waals surface area contributed by atoms with Crippen molar-refractivity contribution in [2.75, 3.05) is 12.5 Å². The van der Waals surface area contributed by atoms with Gasteiger partial charge in [0.15, 0.2) is 0 Å². The third-order valence-corrected chi connectivity index (χ3v) is 3.65. The number of hydrogen-bond donors (Lipinski definition) is 0. The molecular formula is C8H8FIS2. The minimum atomic E-state index is -0.0964. The molecule has 0 aromatic heterocycles. The van der Waals surface area contributed by atoms with Crippen LogP contribution in [0.25, 0.3) is 0 Å². The van der Waals surface area contributed by atoms with Crippen molar-refractivity contribution in [3.63, 3.8) is 0 Å². The summed E-state index contributed by atoms with van der Waals surface area (Å²) in [7, 11) is 0. The Labute approximate surface area is 93.8 Å². The van der Waals surface area contributed by atoms with E-state index >= 15 is 0 Å². The molecule has 1 rings (SSSR count). The molecule has 0 nitrogen and oxygen atoms in total. The van der Waals surface area contributed by atoms with Crippen molar-refractivity contribution in [1.29, 1.82) is 0 Å². The molecule has 0 spiro atoms. The van der Waals surface area contributed by atoms with Gasteiger partial charge in [0.25, 0.3) is 0 Å². The molecular weight excluding hydrogens is 306 g/mol. The fourth-order valence-electron chi connectivity index (χ4n) is 0.807. The van der Waals surface area contributed by atoms with Crippen molar-refractivity contribution < 1.29 is 4.39 Å². The third kappa shape index (κ3) is 2.29. The van der Waals surface area contributed by atoms with Crippen LogP contribution in [0.4, 0.5) is 4.39 Å². The van der Waals surface area contributed by atoms with Gasteiger partial charge in [-0.05, 0) is 47.2 Å². The standard InChI is InChI=1S/C8H8FIS2/c1-11-5-3-6(10)8(9)7(4-5)12-2/h3-4H,1-2H3. The van der Waals surface area contributed by atoms with Crippen molar-refractivity contribution in [3.8, 4) is 0 Å². The monoisotopic (exact) mass is 314 g/mol. The normalized spacial score (nSPS) is 10.3. The fraction of sp³-hybridized carbons (Fsp3) is 0.250. The molecule has 0 heterocycles. The Morgan fingerprint density at radius 3 is 2.42 bits per heavy atom. The van der Waals surface area contributed by atoms with Gasteiger partial charge in [0.2, 0.25) is 0 Å². The fourth-order valence-corrected chi connectivity index (χ4v) is 2.91. The summed E-state index contributed by atoms with van der Waals surface area (Å²) >= 11 is 5.10. The van der Waals surface area contributed by atoms with E-state index in [9.17, 15) is 4.39 Å². The molecule has 0 fully saturated rings. The third-order valence-electron chi connectivity index (χ3n) is 1.42. The molecule has 1 aromatic rings. The highest BCUT2D eigenvalue weighted by molar-refractivity contribution is 14.1. The molecule has 0 aliphatic heterocycles. The minimum absolute atomic E-state index is 0.0964. The van der Waals surface area contributed by atoms with Gasteiger partial charge in [-0.1, -0.05) is 0 Å². The molecule has 0 bridgehead atoms. The van der Waals surface area contributed by atoms with Crippen molar-refractivity contribution in [1.82, 2.24) is 0 Å². The number of rotatable bonds is 2. The van der Waals surface area contributed by atoms with Gasteiger partial charge in [-0.15, -0.1) is 23.5 Å². The molecule has 12 heavy (non-hydrogen) atoms. The summed E-state index contributed by atoms with van der Waals surface area (Å²) in [5, 5.41) is 0. The van der Waals surface area contributed by atoms with Crippen LogP contribution < -0.4 is 0 Å². The van der Waals surface area contributed by atoms with Crippen LogP contribution in [0.2, 0.25) is 0 Å². The maximum Gasteiger partial charge on any atom is 0.150 e. The molecule has 0 saturated heterocycles. The van der Waals surface area contributed by atoms with E-state index in [0.717, 1.165) is 9.79 Å². The second kappa shape index (κ2) is 4.72. The van der Waals surface area contributed by atoms with Crippen molar-refractivity contribution in [2.24, 2.45) is 0 Å². The van der Waals surface area contributed by atoms with Gasteiger partial charge in [-0.3, -0.25) is 0 Å². The predicted octanol–water partition coefficient (Wildman–Crippen LogP) is 3.87. The molecule has 0 aliphatic rings. The molecule has 0 saturated carbocycles. The molecule has 0 radical (unpaired) electrons. The van der Waals surface area contributed by atoms with E-state index in [4.69, 9.17) is 0 Å². The lowest BCUT2D eigenvalue weighted by molar-refractivity contribution is 0.592. The van der Waals surface area contributed by atoms with E-state index in [-0.39, 0.29) is 5.82 Å². The van der Waals surface area contributed by atoms with Crippen LogP contribution >= 0.6 is 46.1 Å². The Bertz CT molecular complexity index is 289. The summed E-state index contributed by atoms with van der Waals surface area (Å²) in [5.41, 5.74) is 0. The Balaban J connectivity index is 3.19. The average molecular weight is 314 g/mol. The lowest BCUT2D eigenvalue weighted by Gasteiger charge is -2.04. The summed E-state index contributed by atoms with van der Waals surface area (Å²) in [6.07, 6.45) is 3.88. The average Bonchev–Trinajstić information content (AvgIpc) is 2.09. The zero-order valence-electron chi connectivity index (χ0n) is 6.73. The summed E-state index contributed by atoms with van der Waals surface area (Å²) in [5.74, 6) is -0.0964. The van der Waals surface area contributed by atoms with Gasteiger partial charge in [-0.2, -0.15) is 0 Å². The highest BCUT2D eigenvalue weighted by atomic mass is 127. The first kappa shape index (κ1) is 10.7. The largest absolute Gasteiger partial charge is 0.205 e. The van der Waals surface area contributed by atoms with Crippen LogP contribution in [0.1, 0.15) is 0 Å². The van der Waals surface area contributed by atoms with E-state index in [2.05, 4.69) is 0 Å². The highest BCUT2D eigenvalue weighted by Crippen LogP contribution is 2.28. The van der Waals surface area contributed by atoms with Crippen LogP contribution in [0.15, 0.2) is 21.9 Å². The second-order valence-electron chi connectivity index (χ2n) is 2.13. The summed E-state index contributed by atoms with van der Waals surface area (Å²) in [6.45, 7) is 0. The number of halogens is 2. The Kier molecular flexibility index (Phi) is 4.19. The molecule has 0 aliphatic carbocycles. The van der Waals surface area contributed by atoms with Gasteiger partial charge in [0.05, 0.1) is 3.57 Å². The van der Waals surface area contributed by atoms with Crippen LogP contribution in [0.3, 0.4) is 0 Å². The first-order valence-corrected chi connectivity index (χ1v) is 6.79. The van der Waals surface area contributed by atoms with Crippen LogP contribution in [-0.2, 0) is 0 Å². The second-order valence-corrected chi connectivity index (χ2v) is 5.02. The van der Waals surface area contributed by atoms with Crippen LogP contribution in [0.5, 0.6) is 0 Å². The van der Waals surface area contributed by atoms with E-state index in [1.807, 2.05) is 47.2 Å². The van der Waals surface area contributed by atoms with Gasteiger partial charge >= 0.3 is 0 Å². The Morgan fingerprint density at radius 2 is 1.92 bits per heavy atom. The van der Waals surface area contributed by atoms with Crippen molar-refractivity contribution in [2.45, 2.75) is 9.79 Å². The number of benzene rings is 1. The van der Waals surface area contributed by atoms with Gasteiger partial charge in [0.1, 0.15) is 5.82 Å². The van der Waals surface area contributed by atoms with Crippen molar-refractivity contribution >= 4 is 46.1 Å². The lowest BCUT2D eigenvalue weighted by atomic mass is 10.3.